The van der Waals surface area contributed by atoms with E-state index >= 15 is 0 Å². The van der Waals surface area contributed by atoms with Crippen molar-refractivity contribution in [3.8, 4) is 10.6 Å². The van der Waals surface area contributed by atoms with E-state index in [0.717, 1.165) is 27.5 Å². The normalized spacial score (nSPS) is 11.9. The zero-order chi connectivity index (χ0) is 23.9. The van der Waals surface area contributed by atoms with Gasteiger partial charge in [0.25, 0.3) is 0 Å². The average molecular weight is 497 g/mol. The van der Waals surface area contributed by atoms with Crippen molar-refractivity contribution >= 4 is 40.2 Å². The molecule has 2 aromatic carbocycles. The van der Waals surface area contributed by atoms with E-state index in [1.54, 1.807) is 6.92 Å². The summed E-state index contributed by atoms with van der Waals surface area (Å²) in [5.74, 6) is -1.77. The van der Waals surface area contributed by atoms with E-state index in [1.165, 1.54) is 29.2 Å². The number of oxazole rings is 1. The third-order valence-corrected chi connectivity index (χ3v) is 7.28. The molecule has 4 aromatic rings. The molecule has 0 unspecified atom stereocenters. The van der Waals surface area contributed by atoms with Gasteiger partial charge in [0.05, 0.1) is 16.2 Å². The van der Waals surface area contributed by atoms with Gasteiger partial charge in [0, 0.05) is 16.2 Å². The number of hydrogen-bond donors (Lipinski definition) is 1. The van der Waals surface area contributed by atoms with Crippen molar-refractivity contribution in [3.63, 3.8) is 0 Å². The molecule has 0 radical (unpaired) electrons. The number of nitrogens with zero attached hydrogens (tertiary/aromatic N) is 2. The molecule has 0 saturated carbocycles. The molecule has 0 aliphatic carbocycles. The minimum absolute atomic E-state index is 0.120. The van der Waals surface area contributed by atoms with Gasteiger partial charge in [-0.2, -0.15) is 13.2 Å². The zero-order valence-corrected chi connectivity index (χ0v) is 18.9. The fourth-order valence-corrected chi connectivity index (χ4v) is 5.38. The maximum Gasteiger partial charge on any atom is 0.419 e. The number of carboxylic acids is 1. The van der Waals surface area contributed by atoms with Gasteiger partial charge in [0.15, 0.2) is 5.58 Å². The highest BCUT2D eigenvalue weighted by Crippen LogP contribution is 2.38. The molecule has 0 spiro atoms. The summed E-state index contributed by atoms with van der Waals surface area (Å²) in [7, 11) is 0. The highest BCUT2D eigenvalue weighted by Gasteiger charge is 2.34. The van der Waals surface area contributed by atoms with Crippen LogP contribution < -0.4 is 0 Å². The molecule has 4 rings (SSSR count). The quantitative estimate of drug-likeness (QED) is 0.238. The summed E-state index contributed by atoms with van der Waals surface area (Å²) in [6.45, 7) is 3.63. The third-order valence-electron chi connectivity index (χ3n) is 4.83. The van der Waals surface area contributed by atoms with Gasteiger partial charge >= 0.3 is 12.1 Å². The van der Waals surface area contributed by atoms with Gasteiger partial charge in [-0.15, -0.1) is 23.1 Å². The molecule has 1 N–H and O–H groups in total. The summed E-state index contributed by atoms with van der Waals surface area (Å²) in [5, 5.41) is 9.42. The van der Waals surface area contributed by atoms with Crippen molar-refractivity contribution < 1.29 is 31.9 Å². The number of hydrogen-bond acceptors (Lipinski definition) is 6. The Hall–Kier alpha value is -2.92. The monoisotopic (exact) mass is 496 g/mol. The lowest BCUT2D eigenvalue weighted by Gasteiger charge is -2.08. The second-order valence-corrected chi connectivity index (χ2v) is 9.35. The number of alkyl halides is 3. The summed E-state index contributed by atoms with van der Waals surface area (Å²) in [5.41, 5.74) is 1.61. The van der Waals surface area contributed by atoms with E-state index in [0.29, 0.717) is 27.6 Å². The molecule has 0 atom stereocenters. The molecule has 0 amide bonds. The topological polar surface area (TPSA) is 76.2 Å². The Kier molecular flexibility index (Phi) is 6.19. The predicted octanol–water partition coefficient (Wildman–Crippen LogP) is 6.65. The van der Waals surface area contributed by atoms with Crippen LogP contribution in [0.25, 0.3) is 21.7 Å². The van der Waals surface area contributed by atoms with Crippen LogP contribution in [0.5, 0.6) is 0 Å². The van der Waals surface area contributed by atoms with Crippen LogP contribution in [0.1, 0.15) is 27.6 Å². The fraction of sp³-hybridized carbons (Fsp3) is 0.227. The first kappa shape index (κ1) is 23.2. The Labute approximate surface area is 193 Å². The van der Waals surface area contributed by atoms with E-state index in [1.807, 2.05) is 19.1 Å². The number of aromatic nitrogens is 2. The molecule has 11 heteroatoms. The summed E-state index contributed by atoms with van der Waals surface area (Å²) in [6.07, 6.45) is -5.08. The van der Waals surface area contributed by atoms with Crippen LogP contribution in [-0.4, -0.2) is 21.0 Å². The van der Waals surface area contributed by atoms with Crippen molar-refractivity contribution in [1.29, 1.82) is 0 Å². The largest absolute Gasteiger partial charge is 0.481 e. The highest BCUT2D eigenvalue weighted by molar-refractivity contribution is 7.98. The number of carbonyl (C=O) groups is 1. The molecule has 33 heavy (non-hydrogen) atoms. The Morgan fingerprint density at radius 3 is 2.61 bits per heavy atom. The van der Waals surface area contributed by atoms with Crippen LogP contribution in [0.15, 0.2) is 39.6 Å². The Bertz CT molecular complexity index is 1360. The molecule has 0 saturated heterocycles. The lowest BCUT2D eigenvalue weighted by Crippen LogP contribution is -2.07. The number of halogens is 4. The maximum absolute atomic E-state index is 14.0. The Morgan fingerprint density at radius 1 is 1.18 bits per heavy atom. The van der Waals surface area contributed by atoms with Crippen LogP contribution in [0.3, 0.4) is 0 Å². The molecule has 0 bridgehead atoms. The molecule has 0 aliphatic heterocycles. The SMILES string of the molecule is Cc1nc(-c2ccc(C(F)(F)F)c(F)c2)sc1CSc1ccc(C)c2nc(CC(=O)O)oc12. The van der Waals surface area contributed by atoms with Crippen LogP contribution in [0.2, 0.25) is 0 Å². The van der Waals surface area contributed by atoms with E-state index in [9.17, 15) is 22.4 Å². The lowest BCUT2D eigenvalue weighted by molar-refractivity contribution is -0.140. The molecular formula is C22H16F4N2O3S2. The molecular weight excluding hydrogens is 480 g/mol. The summed E-state index contributed by atoms with van der Waals surface area (Å²) >= 11 is 2.71. The number of aliphatic carboxylic acids is 1. The first-order valence-corrected chi connectivity index (χ1v) is 11.4. The van der Waals surface area contributed by atoms with E-state index < -0.39 is 23.5 Å². The fourth-order valence-electron chi connectivity index (χ4n) is 3.18. The number of rotatable bonds is 6. The maximum atomic E-state index is 14.0. The standard InChI is InChI=1S/C22H16F4N2O3S2/c1-10-3-6-15(20-19(10)28-17(31-20)8-18(29)30)32-9-16-11(2)27-21(33-16)12-4-5-13(14(23)7-12)22(24,25)26/h3-7H,8-9H2,1-2H3,(H,29,30). The molecule has 2 heterocycles. The molecule has 5 nitrogen and oxygen atoms in total. The molecule has 0 aliphatic rings. The second kappa shape index (κ2) is 8.79. The number of thioether (sulfide) groups is 1. The van der Waals surface area contributed by atoms with Crippen LogP contribution in [0, 0.1) is 19.7 Å². The van der Waals surface area contributed by atoms with Gasteiger partial charge < -0.3 is 9.52 Å². The van der Waals surface area contributed by atoms with Crippen LogP contribution >= 0.6 is 23.1 Å². The van der Waals surface area contributed by atoms with Gasteiger partial charge in [-0.3, -0.25) is 4.79 Å². The highest BCUT2D eigenvalue weighted by atomic mass is 32.2. The van der Waals surface area contributed by atoms with Crippen LogP contribution in [0.4, 0.5) is 17.6 Å². The predicted molar refractivity (Wildman–Crippen MR) is 117 cm³/mol. The number of aryl methyl sites for hydroxylation is 2. The van der Waals surface area contributed by atoms with Crippen molar-refractivity contribution in [2.75, 3.05) is 0 Å². The molecule has 0 fully saturated rings. The second-order valence-electron chi connectivity index (χ2n) is 7.25. The number of benzene rings is 2. The van der Waals surface area contributed by atoms with Crippen molar-refractivity contribution in [1.82, 2.24) is 9.97 Å². The summed E-state index contributed by atoms with van der Waals surface area (Å²) in [6, 6.07) is 6.51. The van der Waals surface area contributed by atoms with Gasteiger partial charge in [0.1, 0.15) is 22.8 Å². The van der Waals surface area contributed by atoms with Gasteiger partial charge in [0.2, 0.25) is 5.89 Å². The van der Waals surface area contributed by atoms with E-state index in [2.05, 4.69) is 9.97 Å². The van der Waals surface area contributed by atoms with Crippen molar-refractivity contribution in [3.05, 3.63) is 63.7 Å². The minimum Gasteiger partial charge on any atom is -0.481 e. The average Bonchev–Trinajstić information content (AvgIpc) is 3.30. The first-order chi connectivity index (χ1) is 15.5. The van der Waals surface area contributed by atoms with Crippen molar-refractivity contribution in [2.24, 2.45) is 0 Å². The number of fused-ring (bicyclic) bond motifs is 1. The van der Waals surface area contributed by atoms with E-state index in [4.69, 9.17) is 9.52 Å². The first-order valence-electron chi connectivity index (χ1n) is 9.60. The molecule has 172 valence electrons. The summed E-state index contributed by atoms with van der Waals surface area (Å²) in [4.78, 5) is 21.3. The Morgan fingerprint density at radius 2 is 1.94 bits per heavy atom. The Balaban J connectivity index is 1.58. The van der Waals surface area contributed by atoms with E-state index in [-0.39, 0.29) is 17.9 Å². The van der Waals surface area contributed by atoms with Crippen molar-refractivity contribution in [2.45, 2.75) is 37.1 Å². The molecule has 2 aromatic heterocycles. The van der Waals surface area contributed by atoms with Gasteiger partial charge in [-0.1, -0.05) is 12.1 Å². The van der Waals surface area contributed by atoms with Gasteiger partial charge in [-0.05, 0) is 37.6 Å². The lowest BCUT2D eigenvalue weighted by atomic mass is 10.1. The minimum atomic E-state index is -4.76. The smallest absolute Gasteiger partial charge is 0.419 e. The number of thiazole rings is 1. The van der Waals surface area contributed by atoms with Gasteiger partial charge in [-0.25, -0.2) is 14.4 Å². The number of carboxylic acid groups (broad SMARTS) is 1. The summed E-state index contributed by atoms with van der Waals surface area (Å²) < 4.78 is 58.1. The van der Waals surface area contributed by atoms with Crippen LogP contribution in [-0.2, 0) is 23.1 Å². The third kappa shape index (κ3) is 4.88. The zero-order valence-electron chi connectivity index (χ0n) is 17.3.